The molecule has 5 heteroatoms. The third-order valence-electron chi connectivity index (χ3n) is 2.94. The van der Waals surface area contributed by atoms with E-state index in [-0.39, 0.29) is 0 Å². The number of rotatable bonds is 5. The predicted molar refractivity (Wildman–Crippen MR) is 87.6 cm³/mol. The molecular formula is C15H18N2OS2. The first kappa shape index (κ1) is 14.9. The average Bonchev–Trinajstić information content (AvgIpc) is 2.85. The van der Waals surface area contributed by atoms with Crippen LogP contribution in [-0.4, -0.2) is 9.97 Å². The van der Waals surface area contributed by atoms with Crippen molar-refractivity contribution in [3.05, 3.63) is 45.4 Å². The number of thiocarbonyl (C=S) groups is 1. The van der Waals surface area contributed by atoms with E-state index in [0.29, 0.717) is 17.5 Å². The molecule has 0 aliphatic heterocycles. The Hall–Kier alpha value is -1.46. The van der Waals surface area contributed by atoms with Crippen LogP contribution in [-0.2, 0) is 6.61 Å². The summed E-state index contributed by atoms with van der Waals surface area (Å²) < 4.78 is 5.92. The van der Waals surface area contributed by atoms with E-state index in [1.807, 2.05) is 0 Å². The maximum Gasteiger partial charge on any atom is 0.140 e. The Morgan fingerprint density at radius 2 is 2.20 bits per heavy atom. The van der Waals surface area contributed by atoms with Gasteiger partial charge >= 0.3 is 0 Å². The molecule has 0 atom stereocenters. The number of ether oxygens (including phenoxy) is 1. The van der Waals surface area contributed by atoms with Crippen LogP contribution >= 0.6 is 23.6 Å². The van der Waals surface area contributed by atoms with Gasteiger partial charge in [0.15, 0.2) is 0 Å². The fourth-order valence-electron chi connectivity index (χ4n) is 1.87. The quantitative estimate of drug-likeness (QED) is 0.854. The highest BCUT2D eigenvalue weighted by Crippen LogP contribution is 2.28. The van der Waals surface area contributed by atoms with Crippen LogP contribution in [0.2, 0.25) is 0 Å². The summed E-state index contributed by atoms with van der Waals surface area (Å²) in [4.78, 5) is 5.48. The number of benzene rings is 1. The smallest absolute Gasteiger partial charge is 0.140 e. The van der Waals surface area contributed by atoms with Crippen molar-refractivity contribution >= 4 is 28.5 Å². The zero-order valence-corrected chi connectivity index (χ0v) is 13.5. The van der Waals surface area contributed by atoms with Gasteiger partial charge in [0, 0.05) is 6.20 Å². The van der Waals surface area contributed by atoms with Gasteiger partial charge in [0.2, 0.25) is 0 Å². The van der Waals surface area contributed by atoms with Gasteiger partial charge in [-0.15, -0.1) is 11.3 Å². The number of aryl methyl sites for hydroxylation is 1. The summed E-state index contributed by atoms with van der Waals surface area (Å²) in [5.74, 6) is 1.35. The van der Waals surface area contributed by atoms with Gasteiger partial charge in [-0.25, -0.2) is 4.98 Å². The Labute approximate surface area is 128 Å². The molecule has 0 radical (unpaired) electrons. The van der Waals surface area contributed by atoms with Crippen LogP contribution in [0.4, 0.5) is 0 Å². The molecule has 1 heterocycles. The molecule has 0 aliphatic rings. The zero-order chi connectivity index (χ0) is 14.7. The molecule has 106 valence electrons. The monoisotopic (exact) mass is 306 g/mol. The third-order valence-corrected chi connectivity index (χ3v) is 4.29. The molecule has 2 rings (SSSR count). The summed E-state index contributed by atoms with van der Waals surface area (Å²) >= 11 is 6.41. The van der Waals surface area contributed by atoms with E-state index in [4.69, 9.17) is 22.7 Å². The Morgan fingerprint density at radius 3 is 2.80 bits per heavy atom. The van der Waals surface area contributed by atoms with E-state index < -0.39 is 0 Å². The first-order valence-electron chi connectivity index (χ1n) is 6.45. The summed E-state index contributed by atoms with van der Waals surface area (Å²) in [6.07, 6.45) is 1.70. The number of hydrogen-bond donors (Lipinski definition) is 1. The molecule has 1 aromatic heterocycles. The van der Waals surface area contributed by atoms with Crippen molar-refractivity contribution in [2.24, 2.45) is 5.73 Å². The Morgan fingerprint density at radius 1 is 1.45 bits per heavy atom. The molecule has 0 unspecified atom stereocenters. The molecule has 1 aromatic carbocycles. The summed E-state index contributed by atoms with van der Waals surface area (Å²) in [5.41, 5.74) is 7.98. The fraction of sp³-hybridized carbons (Fsp3) is 0.333. The lowest BCUT2D eigenvalue weighted by atomic mass is 10.0. The summed E-state index contributed by atoms with van der Waals surface area (Å²) in [7, 11) is 0. The Bertz CT molecular complexity index is 620. The van der Waals surface area contributed by atoms with Crippen LogP contribution in [0.1, 0.15) is 40.8 Å². The molecule has 2 N–H and O–H groups in total. The molecule has 0 saturated heterocycles. The predicted octanol–water partition coefficient (Wildman–Crippen LogP) is 3.79. The largest absolute Gasteiger partial charge is 0.486 e. The van der Waals surface area contributed by atoms with E-state index in [1.54, 1.807) is 6.20 Å². The first-order chi connectivity index (χ1) is 9.47. The first-order valence-corrected chi connectivity index (χ1v) is 7.67. The van der Waals surface area contributed by atoms with E-state index >= 15 is 0 Å². The Kier molecular flexibility index (Phi) is 4.73. The van der Waals surface area contributed by atoms with Gasteiger partial charge in [-0.05, 0) is 30.0 Å². The normalized spacial score (nSPS) is 10.8. The second-order valence-electron chi connectivity index (χ2n) is 4.97. The van der Waals surface area contributed by atoms with E-state index in [0.717, 1.165) is 15.6 Å². The minimum Gasteiger partial charge on any atom is -0.486 e. The number of aromatic nitrogens is 1. The van der Waals surface area contributed by atoms with Crippen molar-refractivity contribution in [1.29, 1.82) is 0 Å². The van der Waals surface area contributed by atoms with Crippen LogP contribution in [0.15, 0.2) is 24.4 Å². The maximum absolute atomic E-state index is 5.92. The molecule has 3 nitrogen and oxygen atoms in total. The van der Waals surface area contributed by atoms with E-state index in [1.165, 1.54) is 22.5 Å². The van der Waals surface area contributed by atoms with Crippen molar-refractivity contribution in [3.63, 3.8) is 0 Å². The van der Waals surface area contributed by atoms with Crippen molar-refractivity contribution < 1.29 is 4.74 Å². The summed E-state index contributed by atoms with van der Waals surface area (Å²) in [6.45, 7) is 6.82. The molecule has 0 amide bonds. The third kappa shape index (κ3) is 3.55. The lowest BCUT2D eigenvalue weighted by molar-refractivity contribution is 0.301. The average molecular weight is 306 g/mol. The van der Waals surface area contributed by atoms with Crippen molar-refractivity contribution in [3.8, 4) is 5.75 Å². The lowest BCUT2D eigenvalue weighted by Gasteiger charge is -2.14. The SMILES string of the molecule is Cc1ccc(C(C)C)c(OCc2ncc(C(N)=S)s2)c1. The van der Waals surface area contributed by atoms with Gasteiger partial charge in [-0.2, -0.15) is 0 Å². The minimum atomic E-state index is 0.382. The second kappa shape index (κ2) is 6.33. The number of hydrogen-bond acceptors (Lipinski definition) is 4. The topological polar surface area (TPSA) is 48.1 Å². The molecule has 0 fully saturated rings. The highest BCUT2D eigenvalue weighted by atomic mass is 32.1. The highest BCUT2D eigenvalue weighted by Gasteiger charge is 2.10. The van der Waals surface area contributed by atoms with Gasteiger partial charge in [0.25, 0.3) is 0 Å². The standard InChI is InChI=1S/C15H18N2OS2/c1-9(2)11-5-4-10(3)6-12(11)18-8-14-17-7-13(20-14)15(16)19/h4-7,9H,8H2,1-3H3,(H2,16,19). The van der Waals surface area contributed by atoms with Gasteiger partial charge in [0.1, 0.15) is 22.4 Å². The summed E-state index contributed by atoms with van der Waals surface area (Å²) in [5, 5.41) is 0.879. The van der Waals surface area contributed by atoms with Crippen LogP contribution in [0.5, 0.6) is 5.75 Å². The Balaban J connectivity index is 2.13. The van der Waals surface area contributed by atoms with Crippen molar-refractivity contribution in [2.45, 2.75) is 33.3 Å². The van der Waals surface area contributed by atoms with Crippen molar-refractivity contribution in [2.75, 3.05) is 0 Å². The van der Waals surface area contributed by atoms with Gasteiger partial charge < -0.3 is 10.5 Å². The van der Waals surface area contributed by atoms with Gasteiger partial charge in [0.05, 0.1) is 4.88 Å². The number of nitrogens with two attached hydrogens (primary N) is 1. The molecule has 2 aromatic rings. The number of thiazole rings is 1. The molecule has 0 spiro atoms. The molecule has 0 saturated carbocycles. The van der Waals surface area contributed by atoms with Crippen LogP contribution in [0.3, 0.4) is 0 Å². The number of nitrogens with zero attached hydrogens (tertiary/aromatic N) is 1. The van der Waals surface area contributed by atoms with Crippen LogP contribution in [0.25, 0.3) is 0 Å². The fourth-order valence-corrected chi connectivity index (χ4v) is 2.73. The lowest BCUT2D eigenvalue weighted by Crippen LogP contribution is -2.06. The highest BCUT2D eigenvalue weighted by molar-refractivity contribution is 7.81. The second-order valence-corrected chi connectivity index (χ2v) is 6.52. The van der Waals surface area contributed by atoms with Gasteiger partial charge in [-0.1, -0.05) is 38.2 Å². The molecule has 20 heavy (non-hydrogen) atoms. The molecular weight excluding hydrogens is 288 g/mol. The van der Waals surface area contributed by atoms with Crippen molar-refractivity contribution in [1.82, 2.24) is 4.98 Å². The van der Waals surface area contributed by atoms with Gasteiger partial charge in [-0.3, -0.25) is 0 Å². The summed E-state index contributed by atoms with van der Waals surface area (Å²) in [6, 6.07) is 6.30. The van der Waals surface area contributed by atoms with E-state index in [9.17, 15) is 0 Å². The van der Waals surface area contributed by atoms with E-state index in [2.05, 4.69) is 44.0 Å². The molecule has 0 bridgehead atoms. The van der Waals surface area contributed by atoms with Crippen LogP contribution < -0.4 is 10.5 Å². The molecule has 0 aliphatic carbocycles. The van der Waals surface area contributed by atoms with Crippen LogP contribution in [0, 0.1) is 6.92 Å². The maximum atomic E-state index is 5.92. The minimum absolute atomic E-state index is 0.382. The zero-order valence-electron chi connectivity index (χ0n) is 11.8.